The van der Waals surface area contributed by atoms with Crippen molar-refractivity contribution in [2.75, 3.05) is 5.73 Å². The molecule has 3 heterocycles. The molecule has 31 heavy (non-hydrogen) atoms. The van der Waals surface area contributed by atoms with E-state index in [1.54, 1.807) is 12.1 Å². The lowest BCUT2D eigenvalue weighted by Crippen LogP contribution is -2.20. The first kappa shape index (κ1) is 19.0. The van der Waals surface area contributed by atoms with Gasteiger partial charge in [-0.3, -0.25) is 14.9 Å². The highest BCUT2D eigenvalue weighted by molar-refractivity contribution is 6.33. The van der Waals surface area contributed by atoms with E-state index in [9.17, 15) is 9.18 Å². The van der Waals surface area contributed by atoms with Crippen LogP contribution < -0.4 is 15.9 Å². The van der Waals surface area contributed by atoms with Gasteiger partial charge in [-0.1, -0.05) is 6.07 Å². The fourth-order valence-electron chi connectivity index (χ4n) is 3.92. The molecule has 0 aliphatic heterocycles. The van der Waals surface area contributed by atoms with Gasteiger partial charge in [0, 0.05) is 21.7 Å². The van der Waals surface area contributed by atoms with Crippen LogP contribution in [-0.4, -0.2) is 37.5 Å². The number of nitrogens with two attached hydrogens (primary N) is 1. The Bertz CT molecular complexity index is 1560. The summed E-state index contributed by atoms with van der Waals surface area (Å²) >= 11 is 0. The van der Waals surface area contributed by atoms with Crippen molar-refractivity contribution < 1.29 is 19.1 Å². The number of aromatic amines is 2. The van der Waals surface area contributed by atoms with Crippen molar-refractivity contribution in [1.82, 2.24) is 20.2 Å². The summed E-state index contributed by atoms with van der Waals surface area (Å²) in [7, 11) is -2.02. The van der Waals surface area contributed by atoms with Crippen molar-refractivity contribution >= 4 is 45.7 Å². The first-order chi connectivity index (χ1) is 14.8. The summed E-state index contributed by atoms with van der Waals surface area (Å²) in [4.78, 5) is 19.9. The molecule has 0 saturated carbocycles. The molecule has 2 aromatic carbocycles. The maximum absolute atomic E-state index is 14.2. The largest absolute Gasteiger partial charge is 0.707 e. The number of hydrogen-bond acceptors (Lipinski definition) is 7. The minimum atomic E-state index is -2.02. The van der Waals surface area contributed by atoms with Gasteiger partial charge in [-0.15, -0.1) is 0 Å². The van der Waals surface area contributed by atoms with Gasteiger partial charge in [0.05, 0.1) is 23.4 Å². The summed E-state index contributed by atoms with van der Waals surface area (Å²) in [6, 6.07) is 6.22. The molecule has 5 rings (SSSR count). The number of nitrogens with zero attached hydrogens (tertiary/aromatic N) is 2. The van der Waals surface area contributed by atoms with E-state index < -0.39 is 18.7 Å². The van der Waals surface area contributed by atoms with E-state index in [0.717, 1.165) is 5.56 Å². The average molecular weight is 419 g/mol. The topological polar surface area (TPSA) is 150 Å². The summed E-state index contributed by atoms with van der Waals surface area (Å²) in [6.45, 7) is 1.85. The van der Waals surface area contributed by atoms with Crippen LogP contribution in [0.25, 0.3) is 43.8 Å². The van der Waals surface area contributed by atoms with Gasteiger partial charge in [0.1, 0.15) is 22.8 Å². The summed E-state index contributed by atoms with van der Waals surface area (Å²) in [5, 5.41) is 26.4. The second-order valence-electron chi connectivity index (χ2n) is 7.12. The summed E-state index contributed by atoms with van der Waals surface area (Å²) in [5.41, 5.74) is 8.64. The van der Waals surface area contributed by atoms with Crippen LogP contribution in [0.4, 0.5) is 10.1 Å². The van der Waals surface area contributed by atoms with Gasteiger partial charge in [-0.25, -0.2) is 4.39 Å². The van der Waals surface area contributed by atoms with E-state index in [1.807, 2.05) is 13.0 Å². The zero-order valence-corrected chi connectivity index (χ0v) is 16.1. The molecule has 9 nitrogen and oxygen atoms in total. The number of nitrogens with one attached hydrogen (secondary N) is 2. The Morgan fingerprint density at radius 3 is 2.71 bits per heavy atom. The van der Waals surface area contributed by atoms with Crippen LogP contribution in [0.5, 0.6) is 5.75 Å². The van der Waals surface area contributed by atoms with Crippen molar-refractivity contribution in [1.29, 1.82) is 0 Å². The molecule has 0 amide bonds. The molecule has 3 aromatic heterocycles. The number of pyridine rings is 2. The van der Waals surface area contributed by atoms with E-state index in [0.29, 0.717) is 38.3 Å². The van der Waals surface area contributed by atoms with E-state index >= 15 is 0 Å². The zero-order valence-electron chi connectivity index (χ0n) is 16.1. The van der Waals surface area contributed by atoms with Gasteiger partial charge in [0.2, 0.25) is 0 Å². The lowest BCUT2D eigenvalue weighted by atomic mass is 9.94. The maximum Gasteiger partial charge on any atom is 0.707 e. The standard InChI is InChI=1S/C20H15BFN5O4/c1-8-4-11-15(10-2-3-14(22)19-13(10)7-25-27-19)16(23)20(28)26-18(11)12-5-9(31-21(29)30)6-24-17(8)12/h2-7,29-30H,23H2,1H3,(H,25,27)(H,26,28). The lowest BCUT2D eigenvalue weighted by Gasteiger charge is -2.15. The van der Waals surface area contributed by atoms with Crippen molar-refractivity contribution in [3.8, 4) is 16.9 Å². The minimum absolute atomic E-state index is 0.0218. The molecule has 0 bridgehead atoms. The number of aromatic nitrogens is 4. The van der Waals surface area contributed by atoms with Crippen LogP contribution in [-0.2, 0) is 0 Å². The van der Waals surface area contributed by atoms with E-state index in [4.69, 9.17) is 20.4 Å². The summed E-state index contributed by atoms with van der Waals surface area (Å²) in [6.07, 6.45) is 2.83. The predicted molar refractivity (Wildman–Crippen MR) is 115 cm³/mol. The Hall–Kier alpha value is -3.96. The molecule has 6 N–H and O–H groups in total. The second-order valence-corrected chi connectivity index (χ2v) is 7.12. The number of aryl methyl sites for hydroxylation is 1. The van der Waals surface area contributed by atoms with E-state index in [2.05, 4.69) is 20.2 Å². The molecule has 0 radical (unpaired) electrons. The highest BCUT2D eigenvalue weighted by atomic mass is 19.1. The summed E-state index contributed by atoms with van der Waals surface area (Å²) in [5.74, 6) is -0.369. The average Bonchev–Trinajstić information content (AvgIpc) is 3.22. The van der Waals surface area contributed by atoms with Crippen molar-refractivity contribution in [2.24, 2.45) is 0 Å². The van der Waals surface area contributed by atoms with Crippen LogP contribution in [0.3, 0.4) is 0 Å². The van der Waals surface area contributed by atoms with Gasteiger partial charge in [-0.05, 0) is 36.2 Å². The van der Waals surface area contributed by atoms with Crippen LogP contribution >= 0.6 is 0 Å². The number of fused-ring (bicyclic) bond motifs is 4. The van der Waals surface area contributed by atoms with Gasteiger partial charge in [-0.2, -0.15) is 5.10 Å². The SMILES string of the molecule is Cc1cc2c(-c3ccc(F)c4[nH]ncc34)c(N)c(=O)[nH]c2c2cc(OB(O)O)cnc12. The third kappa shape index (κ3) is 2.90. The van der Waals surface area contributed by atoms with Crippen LogP contribution in [0.15, 0.2) is 41.5 Å². The van der Waals surface area contributed by atoms with Crippen molar-refractivity contribution in [2.45, 2.75) is 6.92 Å². The molecule has 0 unspecified atom stereocenters. The number of rotatable bonds is 3. The number of halogens is 1. The third-order valence-electron chi connectivity index (χ3n) is 5.23. The Morgan fingerprint density at radius 2 is 1.94 bits per heavy atom. The fraction of sp³-hybridized carbons (Fsp3) is 0.0500. The first-order valence-corrected chi connectivity index (χ1v) is 9.24. The molecule has 11 heteroatoms. The van der Waals surface area contributed by atoms with Gasteiger partial charge in [0.25, 0.3) is 5.56 Å². The quantitative estimate of drug-likeness (QED) is 0.222. The van der Waals surface area contributed by atoms with Gasteiger partial charge < -0.3 is 25.4 Å². The number of anilines is 1. The van der Waals surface area contributed by atoms with Gasteiger partial charge >= 0.3 is 7.32 Å². The first-order valence-electron chi connectivity index (χ1n) is 9.24. The van der Waals surface area contributed by atoms with Gasteiger partial charge in [0.15, 0.2) is 0 Å². The molecule has 5 aromatic rings. The smallest absolute Gasteiger partial charge is 0.511 e. The summed E-state index contributed by atoms with van der Waals surface area (Å²) < 4.78 is 19.1. The Morgan fingerprint density at radius 1 is 1.13 bits per heavy atom. The monoisotopic (exact) mass is 419 g/mol. The number of hydrogen-bond donors (Lipinski definition) is 5. The number of benzene rings is 2. The Kier molecular flexibility index (Phi) is 4.17. The molecule has 0 atom stereocenters. The third-order valence-corrected chi connectivity index (χ3v) is 5.23. The highest BCUT2D eigenvalue weighted by Crippen LogP contribution is 2.39. The fourth-order valence-corrected chi connectivity index (χ4v) is 3.92. The van der Waals surface area contributed by atoms with E-state index in [-0.39, 0.29) is 17.0 Å². The molecule has 0 aliphatic rings. The molecule has 0 fully saturated rings. The lowest BCUT2D eigenvalue weighted by molar-refractivity contribution is 0.288. The van der Waals surface area contributed by atoms with Crippen LogP contribution in [0, 0.1) is 12.7 Å². The van der Waals surface area contributed by atoms with E-state index in [1.165, 1.54) is 18.5 Å². The number of H-pyrrole nitrogens is 2. The highest BCUT2D eigenvalue weighted by Gasteiger charge is 2.20. The van der Waals surface area contributed by atoms with Crippen LogP contribution in [0.2, 0.25) is 0 Å². The Balaban J connectivity index is 1.93. The second kappa shape index (κ2) is 6.79. The van der Waals surface area contributed by atoms with Crippen molar-refractivity contribution in [3.05, 3.63) is 58.4 Å². The molecule has 0 saturated heterocycles. The molecular weight excluding hydrogens is 404 g/mol. The Labute approximate surface area is 173 Å². The minimum Gasteiger partial charge on any atom is -0.511 e. The molecule has 0 aliphatic carbocycles. The molecule has 0 spiro atoms. The predicted octanol–water partition coefficient (Wildman–Crippen LogP) is 2.00. The molecule has 154 valence electrons. The van der Waals surface area contributed by atoms with Crippen LogP contribution in [0.1, 0.15) is 5.56 Å². The normalized spacial score (nSPS) is 11.5. The maximum atomic E-state index is 14.2. The molecular formula is C20H15BFN5O4. The zero-order chi connectivity index (χ0) is 21.9. The van der Waals surface area contributed by atoms with Crippen molar-refractivity contribution in [3.63, 3.8) is 0 Å². The number of nitrogen functional groups attached to an aromatic ring is 1.